The van der Waals surface area contributed by atoms with Gasteiger partial charge in [-0.25, -0.2) is 9.37 Å². The van der Waals surface area contributed by atoms with E-state index in [0.717, 1.165) is 23.7 Å². The third-order valence-electron chi connectivity index (χ3n) is 2.30. The zero-order valence-corrected chi connectivity index (χ0v) is 10.3. The Kier molecular flexibility index (Phi) is 3.93. The Morgan fingerprint density at radius 2 is 2.35 bits per heavy atom. The van der Waals surface area contributed by atoms with E-state index in [1.807, 2.05) is 5.38 Å². The van der Waals surface area contributed by atoms with Crippen molar-refractivity contribution in [3.8, 4) is 5.75 Å². The van der Waals surface area contributed by atoms with Gasteiger partial charge in [0.2, 0.25) is 0 Å². The summed E-state index contributed by atoms with van der Waals surface area (Å²) < 4.78 is 18.2. The summed E-state index contributed by atoms with van der Waals surface area (Å²) in [6.45, 7) is 0.735. The molecule has 0 aliphatic heterocycles. The van der Waals surface area contributed by atoms with Crippen molar-refractivity contribution < 1.29 is 9.13 Å². The number of methoxy groups -OCH3 is 1. The Labute approximate surface area is 103 Å². The zero-order chi connectivity index (χ0) is 12.1. The molecule has 1 aromatic heterocycles. The molecule has 0 aliphatic rings. The van der Waals surface area contributed by atoms with Crippen LogP contribution in [0.4, 0.5) is 10.1 Å². The summed E-state index contributed by atoms with van der Waals surface area (Å²) in [4.78, 5) is 4.18. The van der Waals surface area contributed by atoms with Crippen LogP contribution in [0, 0.1) is 5.82 Å². The van der Waals surface area contributed by atoms with Gasteiger partial charge in [-0.3, -0.25) is 0 Å². The van der Waals surface area contributed by atoms with Gasteiger partial charge in [-0.15, -0.1) is 11.3 Å². The third-order valence-corrected chi connectivity index (χ3v) is 3.14. The average Bonchev–Trinajstić information content (AvgIpc) is 2.82. The normalized spacial score (nSPS) is 10.2. The molecule has 0 aliphatic carbocycles. The summed E-state index contributed by atoms with van der Waals surface area (Å²) in [6, 6.07) is 4.84. The van der Waals surface area contributed by atoms with Crippen molar-refractivity contribution in [1.29, 1.82) is 0 Å². The summed E-state index contributed by atoms with van der Waals surface area (Å²) in [5.74, 6) is -0.0952. The molecular weight excluding hydrogens is 239 g/mol. The molecule has 90 valence electrons. The second kappa shape index (κ2) is 5.63. The van der Waals surface area contributed by atoms with E-state index in [1.54, 1.807) is 29.7 Å². The number of ether oxygens (including phenoxy) is 1. The van der Waals surface area contributed by atoms with Crippen LogP contribution in [0.15, 0.2) is 29.8 Å². The van der Waals surface area contributed by atoms with E-state index in [0.29, 0.717) is 0 Å². The van der Waals surface area contributed by atoms with Crippen molar-refractivity contribution in [2.75, 3.05) is 19.0 Å². The lowest BCUT2D eigenvalue weighted by molar-refractivity contribution is 0.386. The van der Waals surface area contributed by atoms with Crippen LogP contribution in [-0.4, -0.2) is 18.6 Å². The molecule has 1 heterocycles. The molecule has 1 aromatic carbocycles. The standard InChI is InChI=1S/C12H13FN2OS/c1-16-11-3-2-9(8-10(11)13)14-5-4-12-15-6-7-17-12/h2-3,6-8,14H,4-5H2,1H3. The van der Waals surface area contributed by atoms with Gasteiger partial charge in [0.25, 0.3) is 0 Å². The molecule has 0 spiro atoms. The molecule has 0 atom stereocenters. The fourth-order valence-electron chi connectivity index (χ4n) is 1.47. The molecule has 3 nitrogen and oxygen atoms in total. The predicted molar refractivity (Wildman–Crippen MR) is 67.3 cm³/mol. The van der Waals surface area contributed by atoms with Gasteiger partial charge in [0, 0.05) is 36.3 Å². The summed E-state index contributed by atoms with van der Waals surface area (Å²) in [5, 5.41) is 6.17. The topological polar surface area (TPSA) is 34.1 Å². The van der Waals surface area contributed by atoms with E-state index in [9.17, 15) is 4.39 Å². The first kappa shape index (κ1) is 11.9. The molecule has 0 saturated carbocycles. The van der Waals surface area contributed by atoms with Crippen molar-refractivity contribution in [1.82, 2.24) is 4.98 Å². The van der Waals surface area contributed by atoms with Crippen LogP contribution in [-0.2, 0) is 6.42 Å². The number of thiazole rings is 1. The molecule has 0 bridgehead atoms. The number of benzene rings is 1. The van der Waals surface area contributed by atoms with E-state index >= 15 is 0 Å². The van der Waals surface area contributed by atoms with Gasteiger partial charge in [-0.1, -0.05) is 0 Å². The maximum Gasteiger partial charge on any atom is 0.167 e. The second-order valence-corrected chi connectivity index (χ2v) is 4.43. The molecule has 1 N–H and O–H groups in total. The number of aromatic nitrogens is 1. The monoisotopic (exact) mass is 252 g/mol. The predicted octanol–water partition coefficient (Wildman–Crippen LogP) is 2.95. The second-order valence-electron chi connectivity index (χ2n) is 3.45. The van der Waals surface area contributed by atoms with Gasteiger partial charge >= 0.3 is 0 Å². The minimum Gasteiger partial charge on any atom is -0.494 e. The third kappa shape index (κ3) is 3.17. The average molecular weight is 252 g/mol. The smallest absolute Gasteiger partial charge is 0.167 e. The lowest BCUT2D eigenvalue weighted by Crippen LogP contribution is -2.05. The van der Waals surface area contributed by atoms with Crippen LogP contribution in [0.1, 0.15) is 5.01 Å². The van der Waals surface area contributed by atoms with Crippen molar-refractivity contribution in [3.05, 3.63) is 40.6 Å². The van der Waals surface area contributed by atoms with Gasteiger partial charge in [0.1, 0.15) is 0 Å². The minimum atomic E-state index is -0.355. The summed E-state index contributed by atoms with van der Waals surface area (Å²) in [5.41, 5.74) is 0.750. The van der Waals surface area contributed by atoms with E-state index < -0.39 is 0 Å². The maximum atomic E-state index is 13.4. The van der Waals surface area contributed by atoms with Gasteiger partial charge in [0.15, 0.2) is 11.6 Å². The molecule has 0 amide bonds. The fourth-order valence-corrected chi connectivity index (χ4v) is 2.09. The van der Waals surface area contributed by atoms with Crippen molar-refractivity contribution in [2.24, 2.45) is 0 Å². The molecule has 17 heavy (non-hydrogen) atoms. The molecule has 5 heteroatoms. The van der Waals surface area contributed by atoms with Crippen molar-refractivity contribution >= 4 is 17.0 Å². The highest BCUT2D eigenvalue weighted by Crippen LogP contribution is 2.20. The Bertz CT molecular complexity index is 473. The van der Waals surface area contributed by atoms with Crippen LogP contribution in [0.5, 0.6) is 5.75 Å². The lowest BCUT2D eigenvalue weighted by Gasteiger charge is -2.07. The first-order chi connectivity index (χ1) is 8.29. The molecule has 2 rings (SSSR count). The van der Waals surface area contributed by atoms with Gasteiger partial charge < -0.3 is 10.1 Å². The summed E-state index contributed by atoms with van der Waals surface area (Å²) in [7, 11) is 1.45. The highest BCUT2D eigenvalue weighted by atomic mass is 32.1. The molecular formula is C12H13FN2OS. The summed E-state index contributed by atoms with van der Waals surface area (Å²) in [6.07, 6.45) is 2.62. The Balaban J connectivity index is 1.89. The van der Waals surface area contributed by atoms with Gasteiger partial charge in [-0.2, -0.15) is 0 Å². The molecule has 0 saturated heterocycles. The van der Waals surface area contributed by atoms with E-state index in [-0.39, 0.29) is 11.6 Å². The fraction of sp³-hybridized carbons (Fsp3) is 0.250. The Morgan fingerprint density at radius 3 is 3.00 bits per heavy atom. The molecule has 0 radical (unpaired) electrons. The molecule has 2 aromatic rings. The highest BCUT2D eigenvalue weighted by Gasteiger charge is 2.03. The molecule has 0 unspecified atom stereocenters. The van der Waals surface area contributed by atoms with E-state index in [4.69, 9.17) is 4.74 Å². The SMILES string of the molecule is COc1ccc(NCCc2nccs2)cc1F. The van der Waals surface area contributed by atoms with Crippen LogP contribution in [0.2, 0.25) is 0 Å². The Morgan fingerprint density at radius 1 is 1.47 bits per heavy atom. The van der Waals surface area contributed by atoms with Gasteiger partial charge in [-0.05, 0) is 12.1 Å². The molecule has 0 fully saturated rings. The first-order valence-corrected chi connectivity index (χ1v) is 6.13. The van der Waals surface area contributed by atoms with Crippen LogP contribution < -0.4 is 10.1 Å². The number of hydrogen-bond acceptors (Lipinski definition) is 4. The minimum absolute atomic E-state index is 0.260. The lowest BCUT2D eigenvalue weighted by atomic mass is 10.3. The summed E-state index contributed by atoms with van der Waals surface area (Å²) >= 11 is 1.62. The van der Waals surface area contributed by atoms with Crippen LogP contribution >= 0.6 is 11.3 Å². The number of nitrogens with zero attached hydrogens (tertiary/aromatic N) is 1. The first-order valence-electron chi connectivity index (χ1n) is 5.25. The number of nitrogens with one attached hydrogen (secondary N) is 1. The van der Waals surface area contributed by atoms with Gasteiger partial charge in [0.05, 0.1) is 12.1 Å². The van der Waals surface area contributed by atoms with Crippen molar-refractivity contribution in [3.63, 3.8) is 0 Å². The number of halogens is 1. The zero-order valence-electron chi connectivity index (χ0n) is 9.44. The van der Waals surface area contributed by atoms with E-state index in [1.165, 1.54) is 13.2 Å². The number of rotatable bonds is 5. The van der Waals surface area contributed by atoms with Crippen molar-refractivity contribution in [2.45, 2.75) is 6.42 Å². The number of anilines is 1. The maximum absolute atomic E-state index is 13.4. The quantitative estimate of drug-likeness (QED) is 0.888. The highest BCUT2D eigenvalue weighted by molar-refractivity contribution is 7.09. The Hall–Kier alpha value is -1.62. The van der Waals surface area contributed by atoms with E-state index in [2.05, 4.69) is 10.3 Å². The van der Waals surface area contributed by atoms with Crippen LogP contribution in [0.25, 0.3) is 0 Å². The number of hydrogen-bond donors (Lipinski definition) is 1. The van der Waals surface area contributed by atoms with Crippen LogP contribution in [0.3, 0.4) is 0 Å². The largest absolute Gasteiger partial charge is 0.494 e.